The largest absolute Gasteiger partial charge is 0.488 e. The Morgan fingerprint density at radius 3 is 2.62 bits per heavy atom. The fraction of sp³-hybridized carbons (Fsp3) is 0.316. The molecule has 3 rings (SSSR count). The summed E-state index contributed by atoms with van der Waals surface area (Å²) in [5.74, 6) is 0.718. The van der Waals surface area contributed by atoms with Crippen LogP contribution < -0.4 is 10.1 Å². The van der Waals surface area contributed by atoms with Gasteiger partial charge in [0.05, 0.1) is 6.20 Å². The van der Waals surface area contributed by atoms with Crippen LogP contribution in [0.4, 0.5) is 0 Å². The summed E-state index contributed by atoms with van der Waals surface area (Å²) in [6.45, 7) is 5.95. The van der Waals surface area contributed by atoms with Gasteiger partial charge >= 0.3 is 0 Å². The number of rotatable bonds is 6. The van der Waals surface area contributed by atoms with Crippen molar-refractivity contribution >= 4 is 17.7 Å². The summed E-state index contributed by atoms with van der Waals surface area (Å²) in [4.78, 5) is 6.46. The molecule has 1 saturated heterocycles. The molecule has 1 aromatic carbocycles. The fourth-order valence-electron chi connectivity index (χ4n) is 2.64. The summed E-state index contributed by atoms with van der Waals surface area (Å²) in [7, 11) is 0. The summed E-state index contributed by atoms with van der Waals surface area (Å²) < 4.78 is 5.59. The molecule has 0 aliphatic carbocycles. The van der Waals surface area contributed by atoms with Crippen molar-refractivity contribution in [1.29, 1.82) is 0 Å². The van der Waals surface area contributed by atoms with Crippen molar-refractivity contribution in [2.45, 2.75) is 6.54 Å². The Kier molecular flexibility index (Phi) is 6.24. The molecule has 0 radical (unpaired) electrons. The first-order valence-corrected chi connectivity index (χ1v) is 8.60. The number of hydrogen-bond donors (Lipinski definition) is 1. The number of nitrogens with zero attached hydrogens (tertiary/aromatic N) is 2. The third-order valence-electron chi connectivity index (χ3n) is 3.95. The zero-order valence-electron chi connectivity index (χ0n) is 13.6. The van der Waals surface area contributed by atoms with E-state index in [0.29, 0.717) is 11.8 Å². The van der Waals surface area contributed by atoms with Crippen molar-refractivity contribution in [3.63, 3.8) is 0 Å². The van der Waals surface area contributed by atoms with Crippen LogP contribution in [0.5, 0.6) is 5.75 Å². The van der Waals surface area contributed by atoms with Gasteiger partial charge in [-0.05, 0) is 29.3 Å². The van der Waals surface area contributed by atoms with Crippen molar-refractivity contribution in [2.75, 3.05) is 32.8 Å². The minimum absolute atomic E-state index is 0.471. The van der Waals surface area contributed by atoms with Gasteiger partial charge in [-0.15, -0.1) is 0 Å². The lowest BCUT2D eigenvalue weighted by Crippen LogP contribution is -2.42. The molecule has 0 spiro atoms. The summed E-state index contributed by atoms with van der Waals surface area (Å²) in [6, 6.07) is 12.2. The number of pyridine rings is 1. The molecule has 0 saturated carbocycles. The van der Waals surface area contributed by atoms with Gasteiger partial charge in [0, 0.05) is 32.7 Å². The first-order valence-electron chi connectivity index (χ1n) is 8.22. The number of hydrogen-bond acceptors (Lipinski definition) is 4. The SMILES string of the molecule is Clc1ccc(OCC=Cc2ccc(CN3CCNCC3)cc2)cn1. The van der Waals surface area contributed by atoms with Crippen LogP contribution in [0, 0.1) is 0 Å². The molecule has 2 heterocycles. The van der Waals surface area contributed by atoms with Gasteiger partial charge in [-0.1, -0.05) is 41.9 Å². The van der Waals surface area contributed by atoms with Crippen LogP contribution in [0.25, 0.3) is 6.08 Å². The molecule has 126 valence electrons. The Hall–Kier alpha value is -1.88. The molecule has 1 fully saturated rings. The van der Waals surface area contributed by atoms with Crippen molar-refractivity contribution in [3.8, 4) is 5.75 Å². The van der Waals surface area contributed by atoms with E-state index in [1.54, 1.807) is 12.3 Å². The van der Waals surface area contributed by atoms with Gasteiger partial charge in [-0.3, -0.25) is 4.90 Å². The maximum atomic E-state index is 5.74. The molecule has 0 bridgehead atoms. The van der Waals surface area contributed by atoms with Crippen LogP contribution in [0.2, 0.25) is 5.15 Å². The van der Waals surface area contributed by atoms with Crippen LogP contribution in [0.3, 0.4) is 0 Å². The summed E-state index contributed by atoms with van der Waals surface area (Å²) in [6.07, 6.45) is 5.69. The second-order valence-corrected chi connectivity index (χ2v) is 6.18. The van der Waals surface area contributed by atoms with E-state index in [4.69, 9.17) is 16.3 Å². The molecular formula is C19H22ClN3O. The number of aromatic nitrogens is 1. The van der Waals surface area contributed by atoms with Crippen molar-refractivity contribution < 1.29 is 4.74 Å². The van der Waals surface area contributed by atoms with Crippen LogP contribution in [0.1, 0.15) is 11.1 Å². The van der Waals surface area contributed by atoms with E-state index < -0.39 is 0 Å². The quantitative estimate of drug-likeness (QED) is 0.817. The highest BCUT2D eigenvalue weighted by molar-refractivity contribution is 6.29. The minimum Gasteiger partial charge on any atom is -0.488 e. The molecule has 0 atom stereocenters. The topological polar surface area (TPSA) is 37.4 Å². The van der Waals surface area contributed by atoms with E-state index in [2.05, 4.69) is 45.5 Å². The average molecular weight is 344 g/mol. The highest BCUT2D eigenvalue weighted by Gasteiger charge is 2.09. The number of benzene rings is 1. The Labute approximate surface area is 148 Å². The summed E-state index contributed by atoms with van der Waals surface area (Å²) in [5.41, 5.74) is 2.54. The van der Waals surface area contributed by atoms with E-state index >= 15 is 0 Å². The second-order valence-electron chi connectivity index (χ2n) is 5.80. The number of halogens is 1. The van der Waals surface area contributed by atoms with E-state index in [1.165, 1.54) is 11.1 Å². The van der Waals surface area contributed by atoms with Crippen molar-refractivity contribution in [1.82, 2.24) is 15.2 Å². The van der Waals surface area contributed by atoms with Gasteiger partial charge in [-0.25, -0.2) is 4.98 Å². The van der Waals surface area contributed by atoms with E-state index in [0.717, 1.165) is 38.5 Å². The molecule has 24 heavy (non-hydrogen) atoms. The van der Waals surface area contributed by atoms with Gasteiger partial charge in [0.25, 0.3) is 0 Å². The molecule has 0 amide bonds. The second kappa shape index (κ2) is 8.83. The first-order chi connectivity index (χ1) is 11.8. The maximum absolute atomic E-state index is 5.74. The summed E-state index contributed by atoms with van der Waals surface area (Å²) in [5, 5.41) is 3.85. The van der Waals surface area contributed by atoms with Crippen molar-refractivity contribution in [2.24, 2.45) is 0 Å². The number of piperazine rings is 1. The van der Waals surface area contributed by atoms with Gasteiger partial charge in [0.15, 0.2) is 0 Å². The Bertz CT molecular complexity index is 649. The molecule has 0 unspecified atom stereocenters. The van der Waals surface area contributed by atoms with E-state index in [9.17, 15) is 0 Å². The molecule has 1 aromatic heterocycles. The minimum atomic E-state index is 0.471. The lowest BCUT2D eigenvalue weighted by atomic mass is 10.1. The molecule has 5 heteroatoms. The van der Waals surface area contributed by atoms with E-state index in [1.807, 2.05) is 12.1 Å². The highest BCUT2D eigenvalue weighted by atomic mass is 35.5. The predicted molar refractivity (Wildman–Crippen MR) is 98.4 cm³/mol. The van der Waals surface area contributed by atoms with Gasteiger partial charge in [0.2, 0.25) is 0 Å². The van der Waals surface area contributed by atoms with Crippen molar-refractivity contribution in [3.05, 3.63) is 65.0 Å². The Morgan fingerprint density at radius 1 is 1.12 bits per heavy atom. The smallest absolute Gasteiger partial charge is 0.138 e. The highest BCUT2D eigenvalue weighted by Crippen LogP contribution is 2.13. The normalized spacial score (nSPS) is 15.7. The lowest BCUT2D eigenvalue weighted by molar-refractivity contribution is 0.233. The molecule has 4 nitrogen and oxygen atoms in total. The van der Waals surface area contributed by atoms with Gasteiger partial charge < -0.3 is 10.1 Å². The molecule has 1 aliphatic rings. The Morgan fingerprint density at radius 2 is 1.92 bits per heavy atom. The third-order valence-corrected chi connectivity index (χ3v) is 4.18. The summed E-state index contributed by atoms with van der Waals surface area (Å²) >= 11 is 5.74. The van der Waals surface area contributed by atoms with Crippen LogP contribution in [0.15, 0.2) is 48.7 Å². The zero-order chi connectivity index (χ0) is 16.6. The van der Waals surface area contributed by atoms with Crippen LogP contribution >= 0.6 is 11.6 Å². The Balaban J connectivity index is 1.45. The lowest BCUT2D eigenvalue weighted by Gasteiger charge is -2.27. The van der Waals surface area contributed by atoms with Gasteiger partial charge in [-0.2, -0.15) is 0 Å². The number of nitrogens with one attached hydrogen (secondary N) is 1. The first kappa shape index (κ1) is 17.0. The third kappa shape index (κ3) is 5.34. The van der Waals surface area contributed by atoms with Crippen LogP contribution in [-0.4, -0.2) is 42.7 Å². The van der Waals surface area contributed by atoms with E-state index in [-0.39, 0.29) is 0 Å². The fourth-order valence-corrected chi connectivity index (χ4v) is 2.75. The standard InChI is InChI=1S/C19H22ClN3O/c20-19-8-7-18(14-22-19)24-13-1-2-16-3-5-17(6-4-16)15-23-11-9-21-10-12-23/h1-8,14,21H,9-13,15H2. The maximum Gasteiger partial charge on any atom is 0.138 e. The number of ether oxygens (including phenoxy) is 1. The molecule has 1 aliphatic heterocycles. The predicted octanol–water partition coefficient (Wildman–Crippen LogP) is 3.23. The average Bonchev–Trinajstić information content (AvgIpc) is 2.62. The molecule has 2 aromatic rings. The monoisotopic (exact) mass is 343 g/mol. The zero-order valence-corrected chi connectivity index (χ0v) is 14.4. The van der Waals surface area contributed by atoms with Gasteiger partial charge in [0.1, 0.15) is 17.5 Å². The molecule has 1 N–H and O–H groups in total. The molecular weight excluding hydrogens is 322 g/mol. The van der Waals surface area contributed by atoms with Crippen LogP contribution in [-0.2, 0) is 6.54 Å².